The van der Waals surface area contributed by atoms with Crippen LogP contribution in [0.4, 0.5) is 5.69 Å². The van der Waals surface area contributed by atoms with E-state index in [1.165, 1.54) is 13.8 Å². The SMILES string of the molecule is CC(C)(C(=N)N)S(=O)(=O)CC1CCOc2ccc(NC=O)cc21.Cc1coc(C)n1. The van der Waals surface area contributed by atoms with E-state index in [1.54, 1.807) is 24.5 Å². The first kappa shape index (κ1) is 23.4. The van der Waals surface area contributed by atoms with Gasteiger partial charge >= 0.3 is 0 Å². The average molecular weight is 437 g/mol. The molecule has 0 saturated heterocycles. The van der Waals surface area contributed by atoms with Gasteiger partial charge in [0.2, 0.25) is 6.41 Å². The highest BCUT2D eigenvalue weighted by Gasteiger charge is 2.40. The van der Waals surface area contributed by atoms with Crippen LogP contribution in [-0.4, -0.2) is 42.8 Å². The standard InChI is InChI=1S/C15H21N3O4S.C5H7NO/c1-15(2,14(16)17)23(20,21)8-10-5-6-22-13-4-3-11(18-9-19)7-12(10)13;1-4-3-7-5(2)6-4/h3-4,7,9-10H,5-6,8H2,1-2H3,(H3,16,17)(H,18,19);3H,1-2H3. The van der Waals surface area contributed by atoms with E-state index in [4.69, 9.17) is 20.3 Å². The van der Waals surface area contributed by atoms with Gasteiger partial charge in [-0.3, -0.25) is 10.2 Å². The molecule has 4 N–H and O–H groups in total. The van der Waals surface area contributed by atoms with Crippen LogP contribution in [0.3, 0.4) is 0 Å². The summed E-state index contributed by atoms with van der Waals surface area (Å²) in [6.45, 7) is 7.03. The van der Waals surface area contributed by atoms with Gasteiger partial charge in [-0.2, -0.15) is 0 Å². The van der Waals surface area contributed by atoms with Crippen molar-refractivity contribution in [3.05, 3.63) is 41.6 Å². The molecule has 164 valence electrons. The minimum atomic E-state index is -3.62. The fourth-order valence-electron chi connectivity index (χ4n) is 2.91. The predicted octanol–water partition coefficient (Wildman–Crippen LogP) is 2.54. The Kier molecular flexibility index (Phi) is 7.25. The molecule has 1 unspecified atom stereocenters. The third-order valence-electron chi connectivity index (χ3n) is 4.98. The van der Waals surface area contributed by atoms with Crippen molar-refractivity contribution < 1.29 is 22.4 Å². The van der Waals surface area contributed by atoms with Crippen LogP contribution < -0.4 is 15.8 Å². The number of benzene rings is 1. The van der Waals surface area contributed by atoms with Gasteiger partial charge in [-0.15, -0.1) is 0 Å². The van der Waals surface area contributed by atoms with Crippen LogP contribution in [0, 0.1) is 19.3 Å². The summed E-state index contributed by atoms with van der Waals surface area (Å²) in [7, 11) is -3.62. The first-order valence-electron chi connectivity index (χ1n) is 9.40. The monoisotopic (exact) mass is 436 g/mol. The van der Waals surface area contributed by atoms with E-state index in [2.05, 4.69) is 10.3 Å². The Morgan fingerprint density at radius 1 is 1.40 bits per heavy atom. The number of hydrogen-bond acceptors (Lipinski definition) is 7. The number of hydrogen-bond donors (Lipinski definition) is 3. The summed E-state index contributed by atoms with van der Waals surface area (Å²) >= 11 is 0. The van der Waals surface area contributed by atoms with E-state index < -0.39 is 14.6 Å². The van der Waals surface area contributed by atoms with E-state index in [0.717, 1.165) is 17.1 Å². The number of carbonyl (C=O) groups is 1. The van der Waals surface area contributed by atoms with Crippen LogP contribution in [0.15, 0.2) is 28.9 Å². The highest BCUT2D eigenvalue weighted by Crippen LogP contribution is 2.37. The number of nitrogens with zero attached hydrogens (tertiary/aromatic N) is 1. The summed E-state index contributed by atoms with van der Waals surface area (Å²) < 4.78 is 34.3. The molecule has 1 aliphatic rings. The predicted molar refractivity (Wildman–Crippen MR) is 115 cm³/mol. The van der Waals surface area contributed by atoms with Gasteiger partial charge in [-0.25, -0.2) is 13.4 Å². The number of sulfone groups is 1. The zero-order valence-corrected chi connectivity index (χ0v) is 18.4. The number of fused-ring (bicyclic) bond motifs is 1. The number of ether oxygens (including phenoxy) is 1. The molecule has 2 aromatic rings. The first-order valence-corrected chi connectivity index (χ1v) is 11.1. The van der Waals surface area contributed by atoms with Crippen molar-refractivity contribution in [1.82, 2.24) is 4.98 Å². The van der Waals surface area contributed by atoms with Crippen molar-refractivity contribution in [2.45, 2.75) is 44.8 Å². The van der Waals surface area contributed by atoms with Gasteiger partial charge in [0.15, 0.2) is 15.7 Å². The Bertz CT molecular complexity index is 997. The minimum Gasteiger partial charge on any atom is -0.493 e. The zero-order chi connectivity index (χ0) is 22.5. The van der Waals surface area contributed by atoms with Crippen molar-refractivity contribution in [3.63, 3.8) is 0 Å². The van der Waals surface area contributed by atoms with Crippen LogP contribution >= 0.6 is 0 Å². The molecule has 0 fully saturated rings. The maximum atomic E-state index is 12.6. The summed E-state index contributed by atoms with van der Waals surface area (Å²) in [5.41, 5.74) is 7.72. The Balaban J connectivity index is 0.000000386. The molecule has 9 nitrogen and oxygen atoms in total. The Morgan fingerprint density at radius 2 is 2.10 bits per heavy atom. The van der Waals surface area contributed by atoms with Gasteiger partial charge in [-0.05, 0) is 45.4 Å². The number of aryl methyl sites for hydroxylation is 2. The number of oxazole rings is 1. The quantitative estimate of drug-likeness (QED) is 0.358. The van der Waals surface area contributed by atoms with E-state index >= 15 is 0 Å². The van der Waals surface area contributed by atoms with Crippen LogP contribution in [-0.2, 0) is 14.6 Å². The van der Waals surface area contributed by atoms with E-state index in [0.29, 0.717) is 30.9 Å². The van der Waals surface area contributed by atoms with E-state index in [9.17, 15) is 13.2 Å². The molecule has 1 amide bonds. The highest BCUT2D eigenvalue weighted by molar-refractivity contribution is 7.93. The fourth-order valence-corrected chi connectivity index (χ4v) is 4.54. The second kappa shape index (κ2) is 9.29. The molecule has 0 radical (unpaired) electrons. The van der Waals surface area contributed by atoms with Gasteiger partial charge in [0, 0.05) is 24.1 Å². The van der Waals surface area contributed by atoms with Crippen LogP contribution in [0.5, 0.6) is 5.75 Å². The molecule has 3 rings (SSSR count). The van der Waals surface area contributed by atoms with Crippen molar-refractivity contribution >= 4 is 27.8 Å². The number of carbonyl (C=O) groups excluding carboxylic acids is 1. The summed E-state index contributed by atoms with van der Waals surface area (Å²) in [6, 6.07) is 5.14. The maximum Gasteiger partial charge on any atom is 0.211 e. The number of aromatic nitrogens is 1. The maximum absolute atomic E-state index is 12.6. The molecule has 0 saturated carbocycles. The lowest BCUT2D eigenvalue weighted by atomic mass is 9.94. The number of amidine groups is 1. The molecule has 1 aliphatic heterocycles. The molecule has 1 aromatic carbocycles. The summed E-state index contributed by atoms with van der Waals surface area (Å²) in [5, 5.41) is 10.1. The molecule has 0 aliphatic carbocycles. The van der Waals surface area contributed by atoms with Crippen molar-refractivity contribution in [2.75, 3.05) is 17.7 Å². The number of nitrogens with one attached hydrogen (secondary N) is 2. The molecule has 0 bridgehead atoms. The highest BCUT2D eigenvalue weighted by atomic mass is 32.2. The van der Waals surface area contributed by atoms with Crippen LogP contribution in [0.25, 0.3) is 0 Å². The van der Waals surface area contributed by atoms with Gasteiger partial charge < -0.3 is 20.2 Å². The second-order valence-electron chi connectivity index (χ2n) is 7.56. The van der Waals surface area contributed by atoms with Crippen LogP contribution in [0.1, 0.15) is 43.3 Å². The second-order valence-corrected chi connectivity index (χ2v) is 10.1. The van der Waals surface area contributed by atoms with Gasteiger partial charge in [0.25, 0.3) is 0 Å². The molecule has 10 heteroatoms. The summed E-state index contributed by atoms with van der Waals surface area (Å²) in [6.07, 6.45) is 2.75. The van der Waals surface area contributed by atoms with Crippen LogP contribution in [0.2, 0.25) is 0 Å². The van der Waals surface area contributed by atoms with Gasteiger partial charge in [-0.1, -0.05) is 0 Å². The lowest BCUT2D eigenvalue weighted by molar-refractivity contribution is -0.105. The average Bonchev–Trinajstić information content (AvgIpc) is 3.05. The molecular formula is C20H28N4O5S. The Hall–Kier alpha value is -2.88. The normalized spacial score (nSPS) is 15.8. The van der Waals surface area contributed by atoms with Crippen molar-refractivity contribution in [3.8, 4) is 5.75 Å². The smallest absolute Gasteiger partial charge is 0.211 e. The van der Waals surface area contributed by atoms with E-state index in [1.807, 2.05) is 13.8 Å². The number of amides is 1. The lowest BCUT2D eigenvalue weighted by Gasteiger charge is -2.30. The summed E-state index contributed by atoms with van der Waals surface area (Å²) in [4.78, 5) is 14.5. The summed E-state index contributed by atoms with van der Waals surface area (Å²) in [5.74, 6) is 0.587. The molecule has 2 heterocycles. The lowest BCUT2D eigenvalue weighted by Crippen LogP contribution is -2.47. The third kappa shape index (κ3) is 5.38. The zero-order valence-electron chi connectivity index (χ0n) is 17.6. The molecule has 1 atom stereocenters. The number of anilines is 1. The molecule has 0 spiro atoms. The minimum absolute atomic E-state index is 0.125. The van der Waals surface area contributed by atoms with Crippen molar-refractivity contribution in [1.29, 1.82) is 5.41 Å². The Morgan fingerprint density at radius 3 is 2.60 bits per heavy atom. The topological polar surface area (TPSA) is 148 Å². The number of rotatable bonds is 6. The Labute approximate surface area is 176 Å². The molecule has 1 aromatic heterocycles. The molecule has 30 heavy (non-hydrogen) atoms. The van der Waals surface area contributed by atoms with Crippen molar-refractivity contribution in [2.24, 2.45) is 5.73 Å². The third-order valence-corrected chi connectivity index (χ3v) is 7.60. The van der Waals surface area contributed by atoms with Gasteiger partial charge in [0.05, 0.1) is 18.1 Å². The van der Waals surface area contributed by atoms with E-state index in [-0.39, 0.29) is 17.5 Å². The molecular weight excluding hydrogens is 408 g/mol. The number of nitrogens with two attached hydrogens (primary N) is 1. The fraction of sp³-hybridized carbons (Fsp3) is 0.450. The van der Waals surface area contributed by atoms with Gasteiger partial charge in [0.1, 0.15) is 22.6 Å². The largest absolute Gasteiger partial charge is 0.493 e. The first-order chi connectivity index (χ1) is 14.0.